The number of rotatable bonds is 10. The number of piperidine rings is 1. The Morgan fingerprint density at radius 1 is 1.05 bits per heavy atom. The molecule has 2 heterocycles. The van der Waals surface area contributed by atoms with E-state index in [1.54, 1.807) is 7.11 Å². The number of aliphatic hydroxyl groups excluding tert-OH is 1. The van der Waals surface area contributed by atoms with E-state index in [1.807, 2.05) is 55.5 Å². The summed E-state index contributed by atoms with van der Waals surface area (Å²) >= 11 is 6.14. The zero-order valence-electron chi connectivity index (χ0n) is 22.6. The van der Waals surface area contributed by atoms with Gasteiger partial charge in [-0.3, -0.25) is 0 Å². The lowest BCUT2D eigenvalue weighted by Crippen LogP contribution is -2.49. The number of halogens is 1. The maximum atomic E-state index is 10.9. The van der Waals surface area contributed by atoms with E-state index in [-0.39, 0.29) is 12.0 Å². The van der Waals surface area contributed by atoms with Gasteiger partial charge in [-0.15, -0.1) is 0 Å². The molecule has 8 heteroatoms. The molecule has 2 aliphatic rings. The molecule has 3 atom stereocenters. The van der Waals surface area contributed by atoms with Crippen LogP contribution in [0.2, 0.25) is 5.02 Å². The predicted molar refractivity (Wildman–Crippen MR) is 154 cm³/mol. The van der Waals surface area contributed by atoms with Crippen molar-refractivity contribution < 1.29 is 24.1 Å². The lowest BCUT2D eigenvalue weighted by molar-refractivity contribution is -0.0328. The number of fused-ring (bicyclic) bond motifs is 1. The third-order valence-corrected chi connectivity index (χ3v) is 7.79. The fourth-order valence-corrected chi connectivity index (χ4v) is 5.41. The lowest BCUT2D eigenvalue weighted by atomic mass is 9.85. The Bertz CT molecular complexity index is 1240. The zero-order valence-corrected chi connectivity index (χ0v) is 23.3. The van der Waals surface area contributed by atoms with Crippen molar-refractivity contribution in [2.24, 2.45) is 0 Å². The van der Waals surface area contributed by atoms with E-state index in [0.717, 1.165) is 65.7 Å². The molecule has 0 aromatic heterocycles. The number of β-amino-alcohol motifs (C(OH)–C–C–N with tert-alkyl or cyclic N) is 1. The summed E-state index contributed by atoms with van der Waals surface area (Å²) in [5.41, 5.74) is 4.17. The van der Waals surface area contributed by atoms with E-state index < -0.39 is 6.10 Å². The topological polar surface area (TPSA) is 72.4 Å². The van der Waals surface area contributed by atoms with Crippen LogP contribution in [-0.4, -0.2) is 63.8 Å². The molecule has 2 N–H and O–H groups in total. The summed E-state index contributed by atoms with van der Waals surface area (Å²) < 4.78 is 23.6. The van der Waals surface area contributed by atoms with E-state index in [1.165, 1.54) is 0 Å². The lowest BCUT2D eigenvalue weighted by Gasteiger charge is -2.36. The third-order valence-electron chi connectivity index (χ3n) is 7.37. The van der Waals surface area contributed by atoms with Crippen LogP contribution in [0.15, 0.2) is 60.7 Å². The van der Waals surface area contributed by atoms with Gasteiger partial charge in [-0.25, -0.2) is 0 Å². The highest BCUT2D eigenvalue weighted by Crippen LogP contribution is 2.35. The van der Waals surface area contributed by atoms with Gasteiger partial charge in [0.1, 0.15) is 23.9 Å². The molecule has 0 bridgehead atoms. The molecule has 0 radical (unpaired) electrons. The number of anilines is 1. The molecule has 3 aromatic rings. The zero-order chi connectivity index (χ0) is 27.2. The number of nitrogens with one attached hydrogen (secondary N) is 1. The number of nitrogens with zero attached hydrogens (tertiary/aromatic N) is 1. The van der Waals surface area contributed by atoms with Crippen LogP contribution in [0.1, 0.15) is 29.0 Å². The van der Waals surface area contributed by atoms with Gasteiger partial charge in [0.2, 0.25) is 0 Å². The van der Waals surface area contributed by atoms with Gasteiger partial charge in [-0.2, -0.15) is 0 Å². The summed E-state index contributed by atoms with van der Waals surface area (Å²) in [5, 5.41) is 15.0. The fraction of sp³-hybridized carbons (Fsp3) is 0.419. The molecule has 39 heavy (non-hydrogen) atoms. The van der Waals surface area contributed by atoms with Crippen molar-refractivity contribution >= 4 is 17.3 Å². The molecule has 5 rings (SSSR count). The number of hydrogen-bond donors (Lipinski definition) is 2. The largest absolute Gasteiger partial charge is 0.490 e. The Hall–Kier alpha value is -2.81. The highest BCUT2D eigenvalue weighted by atomic mass is 35.5. The van der Waals surface area contributed by atoms with Crippen LogP contribution < -0.4 is 19.7 Å². The molecule has 0 aliphatic carbocycles. The number of methoxy groups -OCH3 is 1. The van der Waals surface area contributed by atoms with Gasteiger partial charge in [0, 0.05) is 44.3 Å². The molecule has 3 unspecified atom stereocenters. The molecule has 0 spiro atoms. The monoisotopic (exact) mass is 552 g/mol. The Morgan fingerprint density at radius 2 is 1.87 bits per heavy atom. The summed E-state index contributed by atoms with van der Waals surface area (Å²) in [7, 11) is 1.73. The number of aliphatic hydroxyl groups is 1. The average molecular weight is 553 g/mol. The maximum Gasteiger partial charge on any atom is 0.142 e. The molecule has 7 nitrogen and oxygen atoms in total. The van der Waals surface area contributed by atoms with Gasteiger partial charge in [0.15, 0.2) is 0 Å². The van der Waals surface area contributed by atoms with Crippen LogP contribution in [0.5, 0.6) is 17.2 Å². The predicted octanol–water partition coefficient (Wildman–Crippen LogP) is 5.31. The number of aryl methyl sites for hydroxylation is 1. The third kappa shape index (κ3) is 6.86. The second-order valence-corrected chi connectivity index (χ2v) is 10.6. The van der Waals surface area contributed by atoms with Crippen molar-refractivity contribution in [3.63, 3.8) is 0 Å². The molecule has 0 amide bonds. The van der Waals surface area contributed by atoms with Crippen LogP contribution in [0.3, 0.4) is 0 Å². The molecule has 0 saturated carbocycles. The van der Waals surface area contributed by atoms with Gasteiger partial charge in [0.05, 0.1) is 31.0 Å². The van der Waals surface area contributed by atoms with Crippen molar-refractivity contribution in [3.05, 3.63) is 82.4 Å². The number of hydrogen-bond acceptors (Lipinski definition) is 7. The quantitative estimate of drug-likeness (QED) is 0.330. The van der Waals surface area contributed by atoms with Crippen LogP contribution >= 0.6 is 11.6 Å². The first-order valence-corrected chi connectivity index (χ1v) is 13.9. The summed E-state index contributed by atoms with van der Waals surface area (Å²) in [6.07, 6.45) is 0.236. The van der Waals surface area contributed by atoms with E-state index in [9.17, 15) is 5.11 Å². The number of benzene rings is 3. The van der Waals surface area contributed by atoms with Crippen LogP contribution in [0.4, 0.5) is 5.69 Å². The summed E-state index contributed by atoms with van der Waals surface area (Å²) in [6.45, 7) is 6.81. The molecular formula is C31H37ClN2O5. The highest BCUT2D eigenvalue weighted by molar-refractivity contribution is 6.31. The first-order valence-electron chi connectivity index (χ1n) is 13.6. The Morgan fingerprint density at radius 3 is 2.67 bits per heavy atom. The molecule has 1 fully saturated rings. The summed E-state index contributed by atoms with van der Waals surface area (Å²) in [5.74, 6) is 2.23. The second-order valence-electron chi connectivity index (χ2n) is 10.2. The highest BCUT2D eigenvalue weighted by Gasteiger charge is 2.34. The fourth-order valence-electron chi connectivity index (χ4n) is 5.29. The smallest absolute Gasteiger partial charge is 0.142 e. The van der Waals surface area contributed by atoms with Crippen molar-refractivity contribution in [2.75, 3.05) is 51.4 Å². The van der Waals surface area contributed by atoms with Crippen molar-refractivity contribution in [3.8, 4) is 17.2 Å². The van der Waals surface area contributed by atoms with E-state index in [0.29, 0.717) is 31.3 Å². The summed E-state index contributed by atoms with van der Waals surface area (Å²) in [6, 6.07) is 19.8. The van der Waals surface area contributed by atoms with E-state index >= 15 is 0 Å². The van der Waals surface area contributed by atoms with Crippen molar-refractivity contribution in [1.29, 1.82) is 0 Å². The molecule has 1 saturated heterocycles. The normalized spacial score (nSPS) is 20.8. The minimum Gasteiger partial charge on any atom is -0.490 e. The van der Waals surface area contributed by atoms with Gasteiger partial charge in [0.25, 0.3) is 0 Å². The SMILES string of the molecule is COCCCN1CCOc2ccc(COC3CNCC(O)C3c3ccc(Oc4ccc(Cl)c(C)c4)cc3)cc21. The Balaban J connectivity index is 1.25. The average Bonchev–Trinajstić information content (AvgIpc) is 2.95. The van der Waals surface area contributed by atoms with Gasteiger partial charge >= 0.3 is 0 Å². The number of ether oxygens (including phenoxy) is 4. The van der Waals surface area contributed by atoms with Crippen molar-refractivity contribution in [1.82, 2.24) is 5.32 Å². The van der Waals surface area contributed by atoms with Crippen molar-refractivity contribution in [2.45, 2.75) is 38.1 Å². The van der Waals surface area contributed by atoms with Gasteiger partial charge in [-0.05, 0) is 72.5 Å². The second kappa shape index (κ2) is 13.0. The first-order chi connectivity index (χ1) is 19.0. The Kier molecular flexibility index (Phi) is 9.27. The molecule has 208 valence electrons. The molecule has 2 aliphatic heterocycles. The van der Waals surface area contributed by atoms with Gasteiger partial charge in [-0.1, -0.05) is 29.8 Å². The minimum atomic E-state index is -0.553. The van der Waals surface area contributed by atoms with Crippen LogP contribution in [0.25, 0.3) is 0 Å². The standard InChI is InChI=1S/C31H37ClN2O5/c1-21-16-25(9-10-26(21)32)39-24-7-5-23(6-8-24)31-28(35)18-33-19-30(31)38-20-22-4-11-29-27(17-22)34(13-15-37-29)12-3-14-36-2/h4-11,16-17,28,30-31,33,35H,3,12-15,18-20H2,1-2H3. The van der Waals surface area contributed by atoms with E-state index in [2.05, 4.69) is 22.3 Å². The van der Waals surface area contributed by atoms with Gasteiger partial charge < -0.3 is 34.3 Å². The molecule has 3 aromatic carbocycles. The molecular weight excluding hydrogens is 516 g/mol. The van der Waals surface area contributed by atoms with Crippen LogP contribution in [0, 0.1) is 6.92 Å². The first kappa shape index (κ1) is 27.7. The summed E-state index contributed by atoms with van der Waals surface area (Å²) in [4.78, 5) is 2.35. The Labute approximate surface area is 235 Å². The van der Waals surface area contributed by atoms with E-state index in [4.69, 9.17) is 30.5 Å². The maximum absolute atomic E-state index is 10.9. The van der Waals surface area contributed by atoms with Crippen LogP contribution in [-0.2, 0) is 16.1 Å². The minimum absolute atomic E-state index is 0.149.